The Kier molecular flexibility index (Phi) is 6.81. The van der Waals surface area contributed by atoms with E-state index in [-0.39, 0.29) is 17.4 Å². The first kappa shape index (κ1) is 22.8. The third kappa shape index (κ3) is 4.80. The largest absolute Gasteiger partial charge is 0.355 e. The van der Waals surface area contributed by atoms with Crippen molar-refractivity contribution in [1.29, 1.82) is 0 Å². The maximum atomic E-state index is 13.5. The van der Waals surface area contributed by atoms with Crippen LogP contribution in [0.25, 0.3) is 15.9 Å². The summed E-state index contributed by atoms with van der Waals surface area (Å²) < 4.78 is 2.38. The number of allylic oxidation sites excluding steroid dienone is 1. The van der Waals surface area contributed by atoms with E-state index in [4.69, 9.17) is 4.98 Å². The predicted octanol–water partition coefficient (Wildman–Crippen LogP) is 4.98. The van der Waals surface area contributed by atoms with Crippen molar-refractivity contribution in [2.45, 2.75) is 51.9 Å². The molecule has 7 heteroatoms. The molecule has 1 aromatic carbocycles. The van der Waals surface area contributed by atoms with Crippen LogP contribution >= 0.6 is 11.3 Å². The number of fused-ring (bicyclic) bond motifs is 1. The summed E-state index contributed by atoms with van der Waals surface area (Å²) in [5, 5.41) is 5.08. The summed E-state index contributed by atoms with van der Waals surface area (Å²) in [7, 11) is 0. The average Bonchev–Trinajstić information content (AvgIpc) is 3.35. The number of benzene rings is 1. The summed E-state index contributed by atoms with van der Waals surface area (Å²) in [5.41, 5.74) is 4.10. The second kappa shape index (κ2) is 10.1. The lowest BCUT2D eigenvalue weighted by atomic mass is 9.96. The van der Waals surface area contributed by atoms with Crippen LogP contribution in [0.5, 0.6) is 0 Å². The van der Waals surface area contributed by atoms with Crippen LogP contribution in [0.4, 0.5) is 5.95 Å². The van der Waals surface area contributed by atoms with E-state index in [2.05, 4.69) is 16.3 Å². The molecule has 1 N–H and O–H groups in total. The van der Waals surface area contributed by atoms with Crippen LogP contribution in [0.15, 0.2) is 52.2 Å². The van der Waals surface area contributed by atoms with Gasteiger partial charge in [-0.15, -0.1) is 11.3 Å². The lowest BCUT2D eigenvalue weighted by Crippen LogP contribution is -2.45. The van der Waals surface area contributed by atoms with E-state index in [9.17, 15) is 9.59 Å². The third-order valence-electron chi connectivity index (χ3n) is 6.96. The molecule has 3 heterocycles. The second-order valence-electron chi connectivity index (χ2n) is 9.46. The summed E-state index contributed by atoms with van der Waals surface area (Å²) in [6.45, 7) is 4.09. The molecule has 1 aliphatic carbocycles. The quantitative estimate of drug-likeness (QED) is 0.510. The van der Waals surface area contributed by atoms with E-state index in [0.29, 0.717) is 23.7 Å². The third-order valence-corrected chi connectivity index (χ3v) is 7.85. The van der Waals surface area contributed by atoms with Crippen LogP contribution in [0, 0.1) is 12.8 Å². The highest BCUT2D eigenvalue weighted by Gasteiger charge is 2.29. The Labute approximate surface area is 204 Å². The maximum absolute atomic E-state index is 13.5. The number of piperidine rings is 1. The van der Waals surface area contributed by atoms with Crippen molar-refractivity contribution >= 4 is 33.4 Å². The molecule has 6 nitrogen and oxygen atoms in total. The van der Waals surface area contributed by atoms with E-state index in [1.165, 1.54) is 42.6 Å². The SMILES string of the molecule is Cc1ccc(-n2c(N3CCC[C@H](C(=O)NCCC4=CCCCC4)C3)nc3ccsc3c2=O)cc1. The van der Waals surface area contributed by atoms with Crippen LogP contribution in [-0.4, -0.2) is 35.1 Å². The zero-order valence-electron chi connectivity index (χ0n) is 19.8. The van der Waals surface area contributed by atoms with Gasteiger partial charge in [-0.3, -0.25) is 9.59 Å². The number of thiophene rings is 1. The fourth-order valence-electron chi connectivity index (χ4n) is 5.03. The Morgan fingerprint density at radius 1 is 1.18 bits per heavy atom. The first-order valence-electron chi connectivity index (χ1n) is 12.4. The van der Waals surface area contributed by atoms with Crippen molar-refractivity contribution in [2.75, 3.05) is 24.5 Å². The van der Waals surface area contributed by atoms with Gasteiger partial charge in [0.1, 0.15) is 4.70 Å². The molecule has 5 rings (SSSR count). The molecule has 0 spiro atoms. The fourth-order valence-corrected chi connectivity index (χ4v) is 5.79. The molecule has 1 atom stereocenters. The lowest BCUT2D eigenvalue weighted by Gasteiger charge is -2.34. The first-order chi connectivity index (χ1) is 16.6. The van der Waals surface area contributed by atoms with Crippen LogP contribution in [0.2, 0.25) is 0 Å². The van der Waals surface area contributed by atoms with Gasteiger partial charge in [0, 0.05) is 19.6 Å². The van der Waals surface area contributed by atoms with Crippen LogP contribution < -0.4 is 15.8 Å². The Morgan fingerprint density at radius 2 is 2.03 bits per heavy atom. The van der Waals surface area contributed by atoms with E-state index in [1.54, 1.807) is 4.57 Å². The zero-order valence-corrected chi connectivity index (χ0v) is 20.6. The number of amides is 1. The number of hydrogen-bond acceptors (Lipinski definition) is 5. The van der Waals surface area contributed by atoms with Crippen molar-refractivity contribution in [2.24, 2.45) is 5.92 Å². The van der Waals surface area contributed by atoms with Crippen molar-refractivity contribution < 1.29 is 4.79 Å². The van der Waals surface area contributed by atoms with Gasteiger partial charge in [0.05, 0.1) is 17.1 Å². The normalized spacial score (nSPS) is 18.7. The molecular weight excluding hydrogens is 444 g/mol. The minimum absolute atomic E-state index is 0.0498. The van der Waals surface area contributed by atoms with Gasteiger partial charge in [-0.2, -0.15) is 0 Å². The molecule has 1 fully saturated rings. The number of aromatic nitrogens is 2. The minimum Gasteiger partial charge on any atom is -0.355 e. The highest BCUT2D eigenvalue weighted by molar-refractivity contribution is 7.17. The average molecular weight is 477 g/mol. The molecule has 2 aromatic heterocycles. The molecule has 3 aromatic rings. The summed E-state index contributed by atoms with van der Waals surface area (Å²) >= 11 is 1.42. The summed E-state index contributed by atoms with van der Waals surface area (Å²) in [6, 6.07) is 9.86. The summed E-state index contributed by atoms with van der Waals surface area (Å²) in [5.74, 6) is 0.641. The van der Waals surface area contributed by atoms with Gasteiger partial charge in [-0.1, -0.05) is 29.3 Å². The van der Waals surface area contributed by atoms with Crippen LogP contribution in [-0.2, 0) is 4.79 Å². The van der Waals surface area contributed by atoms with E-state index in [1.807, 2.05) is 42.6 Å². The van der Waals surface area contributed by atoms with E-state index < -0.39 is 0 Å². The first-order valence-corrected chi connectivity index (χ1v) is 13.3. The molecule has 1 aliphatic heterocycles. The molecule has 34 heavy (non-hydrogen) atoms. The van der Waals surface area contributed by atoms with Crippen molar-refractivity contribution in [1.82, 2.24) is 14.9 Å². The topological polar surface area (TPSA) is 67.2 Å². The molecule has 2 aliphatic rings. The van der Waals surface area contributed by atoms with Crippen molar-refractivity contribution in [3.63, 3.8) is 0 Å². The molecule has 0 unspecified atom stereocenters. The second-order valence-corrected chi connectivity index (χ2v) is 10.4. The smallest absolute Gasteiger partial charge is 0.277 e. The standard InChI is InChI=1S/C27H32N4O2S/c1-19-9-11-22(12-10-19)31-26(33)24-23(14-17-34-24)29-27(31)30-16-5-8-21(18-30)25(32)28-15-13-20-6-3-2-4-7-20/h6,9-12,14,17,21H,2-5,7-8,13,15-16,18H2,1H3,(H,28,32)/t21-/m0/s1. The number of aryl methyl sites for hydroxylation is 1. The molecule has 0 radical (unpaired) electrons. The van der Waals surface area contributed by atoms with Gasteiger partial charge in [-0.25, -0.2) is 9.55 Å². The van der Waals surface area contributed by atoms with Gasteiger partial charge in [-0.05, 0) is 75.4 Å². The van der Waals surface area contributed by atoms with Crippen molar-refractivity contribution in [3.05, 3.63) is 63.3 Å². The fraction of sp³-hybridized carbons (Fsp3) is 0.444. The van der Waals surface area contributed by atoms with Crippen molar-refractivity contribution in [3.8, 4) is 5.69 Å². The number of anilines is 1. The number of hydrogen-bond donors (Lipinski definition) is 1. The molecule has 1 saturated heterocycles. The van der Waals surface area contributed by atoms with Gasteiger partial charge < -0.3 is 10.2 Å². The number of nitrogens with one attached hydrogen (secondary N) is 1. The Balaban J connectivity index is 1.37. The number of carbonyl (C=O) groups is 1. The van der Waals surface area contributed by atoms with Gasteiger partial charge >= 0.3 is 0 Å². The predicted molar refractivity (Wildman–Crippen MR) is 139 cm³/mol. The number of carbonyl (C=O) groups excluding carboxylic acids is 1. The van der Waals surface area contributed by atoms with Crippen LogP contribution in [0.1, 0.15) is 50.5 Å². The molecular formula is C27H32N4O2S. The highest BCUT2D eigenvalue weighted by atomic mass is 32.1. The Morgan fingerprint density at radius 3 is 2.82 bits per heavy atom. The van der Waals surface area contributed by atoms with Gasteiger partial charge in [0.15, 0.2) is 0 Å². The monoisotopic (exact) mass is 476 g/mol. The van der Waals surface area contributed by atoms with Crippen LogP contribution in [0.3, 0.4) is 0 Å². The van der Waals surface area contributed by atoms with E-state index in [0.717, 1.165) is 42.6 Å². The minimum atomic E-state index is -0.101. The molecule has 0 bridgehead atoms. The van der Waals surface area contributed by atoms with Gasteiger partial charge in [0.2, 0.25) is 11.9 Å². The Bertz CT molecular complexity index is 1260. The maximum Gasteiger partial charge on any atom is 0.277 e. The van der Waals surface area contributed by atoms with E-state index >= 15 is 0 Å². The lowest BCUT2D eigenvalue weighted by molar-refractivity contribution is -0.125. The highest BCUT2D eigenvalue weighted by Crippen LogP contribution is 2.27. The molecule has 1 amide bonds. The summed E-state index contributed by atoms with van der Waals surface area (Å²) in [4.78, 5) is 33.5. The molecule has 178 valence electrons. The van der Waals surface area contributed by atoms with Gasteiger partial charge in [0.25, 0.3) is 5.56 Å². The summed E-state index contributed by atoms with van der Waals surface area (Å²) in [6.07, 6.45) is 9.94. The zero-order chi connectivity index (χ0) is 23.5. The Hall–Kier alpha value is -2.93. The number of nitrogens with zero attached hydrogens (tertiary/aromatic N) is 3. The molecule has 0 saturated carbocycles. The number of rotatable bonds is 6.